The summed E-state index contributed by atoms with van der Waals surface area (Å²) in [6, 6.07) is 6.93. The molecule has 0 amide bonds. The van der Waals surface area contributed by atoms with Crippen LogP contribution in [0.3, 0.4) is 0 Å². The lowest BCUT2D eigenvalue weighted by atomic mass is 9.85. The van der Waals surface area contributed by atoms with Gasteiger partial charge in [0.1, 0.15) is 6.04 Å². The van der Waals surface area contributed by atoms with Gasteiger partial charge in [-0.1, -0.05) is 35.0 Å². The Kier molecular flexibility index (Phi) is 4.75. The van der Waals surface area contributed by atoms with Crippen molar-refractivity contribution in [2.75, 3.05) is 6.61 Å². The van der Waals surface area contributed by atoms with Crippen LogP contribution in [0.2, 0.25) is 0 Å². The molecule has 0 radical (unpaired) electrons. The Labute approximate surface area is 150 Å². The minimum absolute atomic E-state index is 0.0531. The average Bonchev–Trinajstić information content (AvgIpc) is 3.19. The summed E-state index contributed by atoms with van der Waals surface area (Å²) < 4.78 is 10.4. The van der Waals surface area contributed by atoms with Gasteiger partial charge in [-0.15, -0.1) is 0 Å². The Hall–Kier alpha value is -3.16. The van der Waals surface area contributed by atoms with Gasteiger partial charge in [0.05, 0.1) is 11.5 Å². The highest BCUT2D eigenvalue weighted by Gasteiger charge is 2.42. The van der Waals surface area contributed by atoms with Crippen molar-refractivity contribution >= 4 is 17.2 Å². The lowest BCUT2D eigenvalue weighted by Gasteiger charge is -2.21. The van der Waals surface area contributed by atoms with E-state index in [4.69, 9.17) is 9.26 Å². The SMILES string of the molecule is CCOC(=O)[C@H]1NC=C(c2onc(C)c2[N+](=O)[O-])[C@@H]1c1ccc(C)cc1. The first-order valence-corrected chi connectivity index (χ1v) is 8.24. The molecule has 8 heteroatoms. The topological polar surface area (TPSA) is 108 Å². The molecule has 1 aromatic heterocycles. The molecule has 1 aliphatic rings. The number of carbonyl (C=O) groups excluding carboxylic acids is 1. The molecule has 3 rings (SSSR count). The van der Waals surface area contributed by atoms with Crippen molar-refractivity contribution in [3.8, 4) is 0 Å². The minimum Gasteiger partial charge on any atom is -0.464 e. The number of ether oxygens (including phenoxy) is 1. The highest BCUT2D eigenvalue weighted by Crippen LogP contribution is 2.42. The van der Waals surface area contributed by atoms with E-state index in [0.29, 0.717) is 5.57 Å². The number of aryl methyl sites for hydroxylation is 2. The van der Waals surface area contributed by atoms with Gasteiger partial charge < -0.3 is 14.6 Å². The number of nitrogens with one attached hydrogen (secondary N) is 1. The number of hydrogen-bond donors (Lipinski definition) is 1. The predicted octanol–water partition coefficient (Wildman–Crippen LogP) is 2.86. The van der Waals surface area contributed by atoms with Gasteiger partial charge in [-0.25, -0.2) is 4.79 Å². The normalized spacial score (nSPS) is 19.0. The summed E-state index contributed by atoms with van der Waals surface area (Å²) >= 11 is 0. The zero-order valence-electron chi connectivity index (χ0n) is 14.7. The second-order valence-electron chi connectivity index (χ2n) is 6.09. The van der Waals surface area contributed by atoms with Crippen molar-refractivity contribution in [1.29, 1.82) is 0 Å². The Morgan fingerprint density at radius 1 is 1.35 bits per heavy atom. The number of hydrogen-bond acceptors (Lipinski definition) is 7. The number of nitrogens with zero attached hydrogens (tertiary/aromatic N) is 2. The Morgan fingerprint density at radius 2 is 2.04 bits per heavy atom. The van der Waals surface area contributed by atoms with Crippen molar-refractivity contribution in [2.45, 2.75) is 32.7 Å². The first-order chi connectivity index (χ1) is 12.4. The Bertz CT molecular complexity index is 869. The molecule has 136 valence electrons. The third-order valence-corrected chi connectivity index (χ3v) is 4.34. The molecule has 2 heterocycles. The summed E-state index contributed by atoms with van der Waals surface area (Å²) in [7, 11) is 0. The van der Waals surface area contributed by atoms with Crippen LogP contribution in [-0.4, -0.2) is 28.7 Å². The summed E-state index contributed by atoms with van der Waals surface area (Å²) in [4.78, 5) is 23.3. The summed E-state index contributed by atoms with van der Waals surface area (Å²) in [5, 5.41) is 18.1. The molecule has 2 atom stereocenters. The standard InChI is InChI=1S/C18H19N3O5/c1-4-25-18(22)15-14(12-7-5-10(2)6-8-12)13(9-19-15)17-16(21(23)24)11(3)20-26-17/h5-9,14-15,19H,4H2,1-3H3/t14-,15-/m0/s1. The summed E-state index contributed by atoms with van der Waals surface area (Å²) in [6.07, 6.45) is 1.57. The van der Waals surface area contributed by atoms with Gasteiger partial charge in [0, 0.05) is 17.7 Å². The smallest absolute Gasteiger partial charge is 0.339 e. The van der Waals surface area contributed by atoms with Gasteiger partial charge in [0.25, 0.3) is 0 Å². The molecule has 2 aromatic rings. The van der Waals surface area contributed by atoms with E-state index in [0.717, 1.165) is 11.1 Å². The fourth-order valence-electron chi connectivity index (χ4n) is 3.10. The molecule has 1 aromatic carbocycles. The number of esters is 1. The molecule has 0 bridgehead atoms. The van der Waals surface area contributed by atoms with Crippen molar-refractivity contribution in [2.24, 2.45) is 0 Å². The first-order valence-electron chi connectivity index (χ1n) is 8.24. The maximum atomic E-state index is 12.4. The van der Waals surface area contributed by atoms with Crippen LogP contribution < -0.4 is 5.32 Å². The Morgan fingerprint density at radius 3 is 2.65 bits per heavy atom. The van der Waals surface area contributed by atoms with Gasteiger partial charge in [0.2, 0.25) is 5.76 Å². The van der Waals surface area contributed by atoms with Crippen molar-refractivity contribution in [3.05, 3.63) is 63.2 Å². The summed E-state index contributed by atoms with van der Waals surface area (Å²) in [5.41, 5.74) is 2.39. The molecular formula is C18H19N3O5. The maximum Gasteiger partial charge on any atom is 0.339 e. The van der Waals surface area contributed by atoms with Crippen LogP contribution in [0.5, 0.6) is 0 Å². The van der Waals surface area contributed by atoms with Crippen LogP contribution in [0.1, 0.15) is 35.4 Å². The predicted molar refractivity (Wildman–Crippen MR) is 93.3 cm³/mol. The molecule has 0 saturated heterocycles. The van der Waals surface area contributed by atoms with Crippen LogP contribution in [0.25, 0.3) is 5.57 Å². The van der Waals surface area contributed by atoms with E-state index in [1.54, 1.807) is 13.1 Å². The molecule has 0 saturated carbocycles. The monoisotopic (exact) mass is 357 g/mol. The fraction of sp³-hybridized carbons (Fsp3) is 0.333. The van der Waals surface area contributed by atoms with Crippen molar-refractivity contribution < 1.29 is 19.0 Å². The summed E-state index contributed by atoms with van der Waals surface area (Å²) in [5.74, 6) is -0.860. The lowest BCUT2D eigenvalue weighted by molar-refractivity contribution is -0.386. The molecular weight excluding hydrogens is 338 g/mol. The third kappa shape index (κ3) is 3.05. The van der Waals surface area contributed by atoms with Crippen LogP contribution >= 0.6 is 0 Å². The second-order valence-corrected chi connectivity index (χ2v) is 6.09. The number of carbonyl (C=O) groups is 1. The molecule has 0 spiro atoms. The van der Waals surface area contributed by atoms with E-state index in [1.807, 2.05) is 31.2 Å². The van der Waals surface area contributed by atoms with Crippen LogP contribution in [0, 0.1) is 24.0 Å². The minimum atomic E-state index is -0.697. The van der Waals surface area contributed by atoms with Crippen LogP contribution in [0.15, 0.2) is 35.0 Å². The highest BCUT2D eigenvalue weighted by molar-refractivity contribution is 5.87. The lowest BCUT2D eigenvalue weighted by Crippen LogP contribution is -2.36. The van der Waals surface area contributed by atoms with E-state index >= 15 is 0 Å². The largest absolute Gasteiger partial charge is 0.464 e. The fourth-order valence-corrected chi connectivity index (χ4v) is 3.10. The molecule has 1 aliphatic heterocycles. The number of aromatic nitrogens is 1. The van der Waals surface area contributed by atoms with Gasteiger partial charge >= 0.3 is 11.7 Å². The van der Waals surface area contributed by atoms with Crippen LogP contribution in [0.4, 0.5) is 5.69 Å². The summed E-state index contributed by atoms with van der Waals surface area (Å²) in [6.45, 7) is 5.44. The number of rotatable bonds is 5. The zero-order valence-corrected chi connectivity index (χ0v) is 14.7. The molecule has 1 N–H and O–H groups in total. The van der Waals surface area contributed by atoms with Crippen molar-refractivity contribution in [1.82, 2.24) is 10.5 Å². The quantitative estimate of drug-likeness (QED) is 0.498. The van der Waals surface area contributed by atoms with E-state index in [-0.39, 0.29) is 23.7 Å². The van der Waals surface area contributed by atoms with E-state index in [2.05, 4.69) is 10.5 Å². The highest BCUT2D eigenvalue weighted by atomic mass is 16.6. The number of nitro groups is 1. The molecule has 0 fully saturated rings. The molecule has 0 unspecified atom stereocenters. The average molecular weight is 357 g/mol. The number of benzene rings is 1. The maximum absolute atomic E-state index is 12.4. The van der Waals surface area contributed by atoms with E-state index in [9.17, 15) is 14.9 Å². The first kappa shape index (κ1) is 17.7. The third-order valence-electron chi connectivity index (χ3n) is 4.34. The van der Waals surface area contributed by atoms with Gasteiger partial charge in [0.15, 0.2) is 5.69 Å². The zero-order chi connectivity index (χ0) is 18.8. The van der Waals surface area contributed by atoms with E-state index in [1.165, 1.54) is 6.92 Å². The van der Waals surface area contributed by atoms with Crippen LogP contribution in [-0.2, 0) is 9.53 Å². The van der Waals surface area contributed by atoms with Gasteiger partial charge in [-0.05, 0) is 26.3 Å². The van der Waals surface area contributed by atoms with Gasteiger partial charge in [-0.3, -0.25) is 10.1 Å². The molecule has 8 nitrogen and oxygen atoms in total. The van der Waals surface area contributed by atoms with E-state index < -0.39 is 22.9 Å². The molecule has 26 heavy (non-hydrogen) atoms. The van der Waals surface area contributed by atoms with Gasteiger partial charge in [-0.2, -0.15) is 0 Å². The van der Waals surface area contributed by atoms with Crippen molar-refractivity contribution in [3.63, 3.8) is 0 Å². The second kappa shape index (κ2) is 6.99. The molecule has 0 aliphatic carbocycles. The Balaban J connectivity index is 2.08.